The van der Waals surface area contributed by atoms with E-state index in [4.69, 9.17) is 9.47 Å². The standard InChI is InChI=1S/C33H41N5O4/c1-41-29-13-11-28(12-14-29)38-17-15-25(16-18-38)37-33(40)42-31(19-23-7-3-2-4-8-23)32(39)36-27(22-34)21-26-20-24-9-5-6-10-30(24)35-26/h5-6,9-14,20,23,25,27,31,35H,2-4,7-8,15-19,21H2,1H3,(H,36,39)(H,37,40)/t27-,31-/m0/s1. The van der Waals surface area contributed by atoms with Gasteiger partial charge in [-0.25, -0.2) is 4.79 Å². The number of hydrogen-bond acceptors (Lipinski definition) is 6. The lowest BCUT2D eigenvalue weighted by molar-refractivity contribution is -0.131. The van der Waals surface area contributed by atoms with Gasteiger partial charge in [0.05, 0.1) is 13.2 Å². The predicted molar refractivity (Wildman–Crippen MR) is 162 cm³/mol. The van der Waals surface area contributed by atoms with Crippen LogP contribution in [0.5, 0.6) is 5.75 Å². The molecule has 2 fully saturated rings. The number of piperidine rings is 1. The number of H-pyrrole nitrogens is 1. The summed E-state index contributed by atoms with van der Waals surface area (Å²) < 4.78 is 11.0. The highest BCUT2D eigenvalue weighted by Crippen LogP contribution is 2.29. The molecule has 3 N–H and O–H groups in total. The Labute approximate surface area is 247 Å². The zero-order valence-corrected chi connectivity index (χ0v) is 24.3. The molecule has 0 bridgehead atoms. The summed E-state index contributed by atoms with van der Waals surface area (Å²) in [5.74, 6) is 0.737. The first-order valence-corrected chi connectivity index (χ1v) is 15.1. The van der Waals surface area contributed by atoms with Crippen LogP contribution in [0.3, 0.4) is 0 Å². The van der Waals surface area contributed by atoms with Gasteiger partial charge in [-0.05, 0) is 67.0 Å². The Morgan fingerprint density at radius 3 is 2.48 bits per heavy atom. The fourth-order valence-corrected chi connectivity index (χ4v) is 6.20. The molecule has 2 aliphatic rings. The molecule has 2 atom stereocenters. The van der Waals surface area contributed by atoms with Crippen LogP contribution in [-0.4, -0.2) is 55.4 Å². The van der Waals surface area contributed by atoms with Gasteiger partial charge < -0.3 is 30.0 Å². The largest absolute Gasteiger partial charge is 0.497 e. The van der Waals surface area contributed by atoms with Crippen LogP contribution in [-0.2, 0) is 16.0 Å². The molecule has 2 aromatic carbocycles. The highest BCUT2D eigenvalue weighted by Gasteiger charge is 2.31. The number of benzene rings is 2. The third-order valence-corrected chi connectivity index (χ3v) is 8.55. The minimum Gasteiger partial charge on any atom is -0.497 e. The van der Waals surface area contributed by atoms with Crippen molar-refractivity contribution in [2.45, 2.75) is 76.0 Å². The summed E-state index contributed by atoms with van der Waals surface area (Å²) in [5, 5.41) is 16.7. The van der Waals surface area contributed by atoms with Crippen LogP contribution >= 0.6 is 0 Å². The van der Waals surface area contributed by atoms with Crippen molar-refractivity contribution in [1.82, 2.24) is 15.6 Å². The van der Waals surface area contributed by atoms with Crippen LogP contribution in [0.15, 0.2) is 54.6 Å². The molecular formula is C33H41N5O4. The summed E-state index contributed by atoms with van der Waals surface area (Å²) in [6.45, 7) is 1.61. The van der Waals surface area contributed by atoms with Gasteiger partial charge >= 0.3 is 6.09 Å². The van der Waals surface area contributed by atoms with Crippen LogP contribution in [0.4, 0.5) is 10.5 Å². The minimum atomic E-state index is -0.939. The van der Waals surface area contributed by atoms with E-state index in [9.17, 15) is 14.9 Å². The topological polar surface area (TPSA) is 119 Å². The van der Waals surface area contributed by atoms with E-state index in [1.165, 1.54) is 6.42 Å². The number of para-hydroxylation sites is 1. The highest BCUT2D eigenvalue weighted by molar-refractivity contribution is 5.84. The normalized spacial score (nSPS) is 17.7. The van der Waals surface area contributed by atoms with Crippen molar-refractivity contribution < 1.29 is 19.1 Å². The first-order chi connectivity index (χ1) is 20.5. The summed E-state index contributed by atoms with van der Waals surface area (Å²) in [7, 11) is 1.65. The van der Waals surface area contributed by atoms with E-state index < -0.39 is 24.1 Å². The lowest BCUT2D eigenvalue weighted by Crippen LogP contribution is -2.48. The monoisotopic (exact) mass is 571 g/mol. The Kier molecular flexibility index (Phi) is 9.86. The Morgan fingerprint density at radius 2 is 1.79 bits per heavy atom. The Hall–Kier alpha value is -4.19. The molecule has 9 nitrogen and oxygen atoms in total. The number of anilines is 1. The maximum absolute atomic E-state index is 13.4. The number of ether oxygens (including phenoxy) is 2. The van der Waals surface area contributed by atoms with Crippen LogP contribution in [0.25, 0.3) is 10.9 Å². The molecule has 3 aromatic rings. The molecule has 9 heteroatoms. The van der Waals surface area contributed by atoms with Gasteiger partial charge in [-0.2, -0.15) is 5.26 Å². The number of carbonyl (C=O) groups excluding carboxylic acids is 2. The van der Waals surface area contributed by atoms with Gasteiger partial charge in [-0.15, -0.1) is 0 Å². The number of fused-ring (bicyclic) bond motifs is 1. The van der Waals surface area contributed by atoms with Crippen molar-refractivity contribution in [3.05, 3.63) is 60.3 Å². The number of amides is 2. The molecule has 0 spiro atoms. The van der Waals surface area contributed by atoms with Gasteiger partial charge in [0.15, 0.2) is 6.10 Å². The minimum absolute atomic E-state index is 0.0285. The molecule has 1 aliphatic carbocycles. The highest BCUT2D eigenvalue weighted by atomic mass is 16.6. The van der Waals surface area contributed by atoms with Crippen molar-refractivity contribution in [1.29, 1.82) is 5.26 Å². The zero-order valence-electron chi connectivity index (χ0n) is 24.3. The lowest BCUT2D eigenvalue weighted by atomic mass is 9.85. The second-order valence-electron chi connectivity index (χ2n) is 11.5. The van der Waals surface area contributed by atoms with E-state index in [1.807, 2.05) is 54.6 Å². The molecule has 222 valence electrons. The third-order valence-electron chi connectivity index (χ3n) is 8.55. The molecule has 1 saturated heterocycles. The fraction of sp³-hybridized carbons (Fsp3) is 0.485. The summed E-state index contributed by atoms with van der Waals surface area (Å²) in [6.07, 6.45) is 6.35. The lowest BCUT2D eigenvalue weighted by Gasteiger charge is -2.34. The summed E-state index contributed by atoms with van der Waals surface area (Å²) in [5.41, 5.74) is 2.98. The first-order valence-electron chi connectivity index (χ1n) is 15.1. The first kappa shape index (κ1) is 29.3. The Bertz CT molecular complexity index is 1330. The number of hydrogen-bond donors (Lipinski definition) is 3. The molecule has 0 radical (unpaired) electrons. The molecule has 1 saturated carbocycles. The number of rotatable bonds is 10. The van der Waals surface area contributed by atoms with Gasteiger partial charge in [0.25, 0.3) is 5.91 Å². The van der Waals surface area contributed by atoms with Crippen LogP contribution in [0.2, 0.25) is 0 Å². The molecule has 42 heavy (non-hydrogen) atoms. The second-order valence-corrected chi connectivity index (χ2v) is 11.5. The van der Waals surface area contributed by atoms with Gasteiger partial charge in [0, 0.05) is 42.5 Å². The van der Waals surface area contributed by atoms with E-state index in [0.717, 1.165) is 79.6 Å². The molecule has 1 aliphatic heterocycles. The maximum atomic E-state index is 13.4. The van der Waals surface area contributed by atoms with Gasteiger partial charge in [-0.3, -0.25) is 4.79 Å². The summed E-state index contributed by atoms with van der Waals surface area (Å²) in [6, 6.07) is 19.3. The number of nitrogens with one attached hydrogen (secondary N) is 3. The van der Waals surface area contributed by atoms with Crippen molar-refractivity contribution in [3.63, 3.8) is 0 Å². The average molecular weight is 572 g/mol. The number of nitriles is 1. The van der Waals surface area contributed by atoms with Crippen molar-refractivity contribution in [3.8, 4) is 11.8 Å². The van der Waals surface area contributed by atoms with E-state index in [-0.39, 0.29) is 6.04 Å². The quantitative estimate of drug-likeness (QED) is 0.297. The molecule has 2 amide bonds. The van der Waals surface area contributed by atoms with E-state index in [0.29, 0.717) is 18.8 Å². The van der Waals surface area contributed by atoms with Crippen molar-refractivity contribution >= 4 is 28.6 Å². The fourth-order valence-electron chi connectivity index (χ4n) is 6.20. The Morgan fingerprint density at radius 1 is 1.05 bits per heavy atom. The predicted octanol–water partition coefficient (Wildman–Crippen LogP) is 5.46. The van der Waals surface area contributed by atoms with Crippen molar-refractivity contribution in [2.24, 2.45) is 5.92 Å². The summed E-state index contributed by atoms with van der Waals surface area (Å²) >= 11 is 0. The number of aromatic amines is 1. The second kappa shape index (κ2) is 14.1. The van der Waals surface area contributed by atoms with E-state index in [1.54, 1.807) is 7.11 Å². The van der Waals surface area contributed by atoms with Crippen LogP contribution in [0, 0.1) is 17.2 Å². The number of methoxy groups -OCH3 is 1. The SMILES string of the molecule is COc1ccc(N2CCC(NC(=O)O[C@@H](CC3CCCCC3)C(=O)N[C@H](C#N)Cc3cc4ccccc4[nH]3)CC2)cc1. The maximum Gasteiger partial charge on any atom is 0.408 e. The number of alkyl carbamates (subject to hydrolysis) is 1. The smallest absolute Gasteiger partial charge is 0.408 e. The zero-order chi connectivity index (χ0) is 29.3. The summed E-state index contributed by atoms with van der Waals surface area (Å²) in [4.78, 5) is 32.1. The Balaban J connectivity index is 1.16. The third kappa shape index (κ3) is 7.75. The average Bonchev–Trinajstić information content (AvgIpc) is 3.44. The molecule has 1 aromatic heterocycles. The number of carbonyl (C=O) groups is 2. The number of aromatic nitrogens is 1. The molecular weight excluding hydrogens is 530 g/mol. The van der Waals surface area contributed by atoms with Gasteiger partial charge in [0.1, 0.15) is 11.8 Å². The van der Waals surface area contributed by atoms with Gasteiger partial charge in [0.2, 0.25) is 0 Å². The van der Waals surface area contributed by atoms with Gasteiger partial charge in [-0.1, -0.05) is 50.3 Å². The van der Waals surface area contributed by atoms with Crippen LogP contribution < -0.4 is 20.3 Å². The van der Waals surface area contributed by atoms with Crippen molar-refractivity contribution in [2.75, 3.05) is 25.1 Å². The van der Waals surface area contributed by atoms with E-state index in [2.05, 4.69) is 26.6 Å². The number of nitrogens with zero attached hydrogens (tertiary/aromatic N) is 2. The molecule has 2 heterocycles. The van der Waals surface area contributed by atoms with E-state index >= 15 is 0 Å². The van der Waals surface area contributed by atoms with Crippen LogP contribution in [0.1, 0.15) is 57.1 Å². The molecule has 0 unspecified atom stereocenters. The molecule has 5 rings (SSSR count).